The summed E-state index contributed by atoms with van der Waals surface area (Å²) in [7, 11) is 1.58. The standard InChI is InChI=1S/C24H30Cl2N2O4/c1-5-16(3)27-24(30)22(6-2)28(14-17-7-8-18(25)13-21(17)26)23(29)15-32-20-11-9-19(31-4)10-12-20/h7-13,16,22H,5-6,14-15H2,1-4H3,(H,27,30). The second-order valence-electron chi connectivity index (χ2n) is 7.46. The van der Waals surface area contributed by atoms with Crippen LogP contribution in [0.3, 0.4) is 0 Å². The maximum Gasteiger partial charge on any atom is 0.261 e. The van der Waals surface area contributed by atoms with E-state index in [4.69, 9.17) is 32.7 Å². The van der Waals surface area contributed by atoms with E-state index in [9.17, 15) is 9.59 Å². The zero-order valence-electron chi connectivity index (χ0n) is 18.9. The average molecular weight is 481 g/mol. The van der Waals surface area contributed by atoms with Crippen molar-refractivity contribution < 1.29 is 19.1 Å². The zero-order chi connectivity index (χ0) is 23.7. The Morgan fingerprint density at radius 1 is 1.03 bits per heavy atom. The number of carbonyl (C=O) groups is 2. The minimum absolute atomic E-state index is 0.00294. The third kappa shape index (κ3) is 7.31. The van der Waals surface area contributed by atoms with Gasteiger partial charge in [-0.05, 0) is 61.7 Å². The molecule has 2 amide bonds. The number of nitrogens with zero attached hydrogens (tertiary/aromatic N) is 1. The van der Waals surface area contributed by atoms with E-state index in [1.165, 1.54) is 4.90 Å². The van der Waals surface area contributed by atoms with Gasteiger partial charge in [-0.15, -0.1) is 0 Å². The highest BCUT2D eigenvalue weighted by Gasteiger charge is 2.30. The minimum atomic E-state index is -0.664. The summed E-state index contributed by atoms with van der Waals surface area (Å²) in [6.45, 7) is 5.73. The Morgan fingerprint density at radius 2 is 1.69 bits per heavy atom. The summed E-state index contributed by atoms with van der Waals surface area (Å²) in [5.74, 6) is 0.693. The lowest BCUT2D eigenvalue weighted by atomic mass is 10.1. The summed E-state index contributed by atoms with van der Waals surface area (Å²) < 4.78 is 10.8. The maximum atomic E-state index is 13.2. The zero-order valence-corrected chi connectivity index (χ0v) is 20.4. The van der Waals surface area contributed by atoms with E-state index in [0.29, 0.717) is 33.5 Å². The van der Waals surface area contributed by atoms with E-state index >= 15 is 0 Å². The molecule has 0 heterocycles. The number of amides is 2. The first-order valence-electron chi connectivity index (χ1n) is 10.6. The van der Waals surface area contributed by atoms with Gasteiger partial charge in [0, 0.05) is 22.6 Å². The Bertz CT molecular complexity index is 905. The van der Waals surface area contributed by atoms with Crippen LogP contribution in [0.2, 0.25) is 10.0 Å². The maximum absolute atomic E-state index is 13.2. The first-order valence-corrected chi connectivity index (χ1v) is 11.3. The van der Waals surface area contributed by atoms with Crippen LogP contribution in [0.25, 0.3) is 0 Å². The number of carbonyl (C=O) groups excluding carboxylic acids is 2. The molecular weight excluding hydrogens is 451 g/mol. The van der Waals surface area contributed by atoms with Crippen LogP contribution in [-0.2, 0) is 16.1 Å². The largest absolute Gasteiger partial charge is 0.497 e. The molecule has 0 aromatic heterocycles. The van der Waals surface area contributed by atoms with E-state index < -0.39 is 6.04 Å². The van der Waals surface area contributed by atoms with Crippen molar-refractivity contribution in [1.29, 1.82) is 0 Å². The highest BCUT2D eigenvalue weighted by atomic mass is 35.5. The second-order valence-corrected chi connectivity index (χ2v) is 8.31. The van der Waals surface area contributed by atoms with Crippen LogP contribution in [0.15, 0.2) is 42.5 Å². The Kier molecular flexibility index (Phi) is 10.1. The molecule has 32 heavy (non-hydrogen) atoms. The SMILES string of the molecule is CCC(C)NC(=O)C(CC)N(Cc1ccc(Cl)cc1Cl)C(=O)COc1ccc(OC)cc1. The van der Waals surface area contributed by atoms with E-state index in [1.807, 2.05) is 20.8 Å². The molecule has 2 unspecified atom stereocenters. The molecule has 174 valence electrons. The second kappa shape index (κ2) is 12.6. The molecule has 1 N–H and O–H groups in total. The van der Waals surface area contributed by atoms with Gasteiger partial charge in [0.25, 0.3) is 5.91 Å². The Morgan fingerprint density at radius 3 is 2.25 bits per heavy atom. The normalized spacial score (nSPS) is 12.6. The van der Waals surface area contributed by atoms with Crippen molar-refractivity contribution in [3.05, 3.63) is 58.1 Å². The number of halogens is 2. The van der Waals surface area contributed by atoms with E-state index in [-0.39, 0.29) is 31.0 Å². The third-order valence-electron chi connectivity index (χ3n) is 5.16. The van der Waals surface area contributed by atoms with E-state index in [1.54, 1.807) is 49.6 Å². The number of nitrogens with one attached hydrogen (secondary N) is 1. The van der Waals surface area contributed by atoms with Gasteiger partial charge in [-0.1, -0.05) is 43.1 Å². The van der Waals surface area contributed by atoms with Gasteiger partial charge in [0.2, 0.25) is 5.91 Å². The molecule has 0 fully saturated rings. The van der Waals surface area contributed by atoms with Crippen LogP contribution < -0.4 is 14.8 Å². The molecule has 0 aliphatic rings. The molecule has 0 aliphatic carbocycles. The topological polar surface area (TPSA) is 67.9 Å². The van der Waals surface area contributed by atoms with Gasteiger partial charge in [0.15, 0.2) is 6.61 Å². The lowest BCUT2D eigenvalue weighted by molar-refractivity contribution is -0.143. The monoisotopic (exact) mass is 480 g/mol. The highest BCUT2D eigenvalue weighted by Crippen LogP contribution is 2.24. The summed E-state index contributed by atoms with van der Waals surface area (Å²) in [4.78, 5) is 27.7. The number of hydrogen-bond acceptors (Lipinski definition) is 4. The summed E-state index contributed by atoms with van der Waals surface area (Å²) in [6.07, 6.45) is 1.24. The molecule has 2 atom stereocenters. The fourth-order valence-electron chi connectivity index (χ4n) is 3.09. The van der Waals surface area contributed by atoms with Crippen molar-refractivity contribution in [2.75, 3.05) is 13.7 Å². The van der Waals surface area contributed by atoms with E-state index in [2.05, 4.69) is 5.32 Å². The fraction of sp³-hybridized carbons (Fsp3) is 0.417. The number of rotatable bonds is 11. The average Bonchev–Trinajstić information content (AvgIpc) is 2.78. The number of methoxy groups -OCH3 is 1. The van der Waals surface area contributed by atoms with Gasteiger partial charge < -0.3 is 19.7 Å². The lowest BCUT2D eigenvalue weighted by Gasteiger charge is -2.31. The number of ether oxygens (including phenoxy) is 2. The fourth-order valence-corrected chi connectivity index (χ4v) is 3.56. The quantitative estimate of drug-likeness (QED) is 0.485. The molecule has 0 spiro atoms. The first kappa shape index (κ1) is 25.8. The predicted molar refractivity (Wildman–Crippen MR) is 127 cm³/mol. The molecule has 0 aliphatic heterocycles. The number of hydrogen-bond donors (Lipinski definition) is 1. The smallest absolute Gasteiger partial charge is 0.261 e. The molecule has 0 saturated carbocycles. The van der Waals surface area contributed by atoms with Crippen LogP contribution >= 0.6 is 23.2 Å². The Labute approximate surface area is 199 Å². The number of benzene rings is 2. The molecule has 0 radical (unpaired) electrons. The van der Waals surface area contributed by atoms with Crippen LogP contribution in [0.4, 0.5) is 0 Å². The Hall–Kier alpha value is -2.44. The van der Waals surface area contributed by atoms with Crippen LogP contribution in [0.5, 0.6) is 11.5 Å². The molecule has 0 bridgehead atoms. The molecule has 2 rings (SSSR count). The van der Waals surface area contributed by atoms with Crippen LogP contribution in [-0.4, -0.2) is 42.5 Å². The molecule has 2 aromatic carbocycles. The van der Waals surface area contributed by atoms with Crippen LogP contribution in [0.1, 0.15) is 39.2 Å². The predicted octanol–water partition coefficient (Wildman–Crippen LogP) is 5.10. The van der Waals surface area contributed by atoms with Crippen molar-refractivity contribution in [2.45, 2.75) is 52.2 Å². The molecule has 8 heteroatoms. The highest BCUT2D eigenvalue weighted by molar-refractivity contribution is 6.35. The van der Waals surface area contributed by atoms with Crippen molar-refractivity contribution in [1.82, 2.24) is 10.2 Å². The molecular formula is C24H30Cl2N2O4. The summed E-state index contributed by atoms with van der Waals surface area (Å²) in [6, 6.07) is 11.4. The van der Waals surface area contributed by atoms with Gasteiger partial charge in [0.05, 0.1) is 7.11 Å². The lowest BCUT2D eigenvalue weighted by Crippen LogP contribution is -2.51. The van der Waals surface area contributed by atoms with Crippen molar-refractivity contribution in [3.8, 4) is 11.5 Å². The first-order chi connectivity index (χ1) is 15.3. The summed E-state index contributed by atoms with van der Waals surface area (Å²) >= 11 is 12.4. The van der Waals surface area contributed by atoms with Gasteiger partial charge in [-0.25, -0.2) is 0 Å². The van der Waals surface area contributed by atoms with Gasteiger partial charge in [-0.2, -0.15) is 0 Å². The molecule has 6 nitrogen and oxygen atoms in total. The van der Waals surface area contributed by atoms with Crippen molar-refractivity contribution in [3.63, 3.8) is 0 Å². The van der Waals surface area contributed by atoms with E-state index in [0.717, 1.165) is 6.42 Å². The minimum Gasteiger partial charge on any atom is -0.497 e. The summed E-state index contributed by atoms with van der Waals surface area (Å²) in [5.41, 5.74) is 0.698. The van der Waals surface area contributed by atoms with Crippen molar-refractivity contribution in [2.24, 2.45) is 0 Å². The summed E-state index contributed by atoms with van der Waals surface area (Å²) in [5, 5.41) is 3.91. The van der Waals surface area contributed by atoms with Crippen molar-refractivity contribution >= 4 is 35.0 Å². The van der Waals surface area contributed by atoms with Gasteiger partial charge in [0.1, 0.15) is 17.5 Å². The Balaban J connectivity index is 2.23. The molecule has 0 saturated heterocycles. The van der Waals surface area contributed by atoms with Gasteiger partial charge in [-0.3, -0.25) is 9.59 Å². The molecule has 2 aromatic rings. The van der Waals surface area contributed by atoms with Gasteiger partial charge >= 0.3 is 0 Å². The third-order valence-corrected chi connectivity index (χ3v) is 5.75. The van der Waals surface area contributed by atoms with Crippen LogP contribution in [0, 0.1) is 0 Å².